The van der Waals surface area contributed by atoms with Crippen LogP contribution in [0.4, 0.5) is 87.5 Å². The van der Waals surface area contributed by atoms with E-state index >= 15 is 0 Å². The highest BCUT2D eigenvalue weighted by atomic mass is 19.4. The summed E-state index contributed by atoms with van der Waals surface area (Å²) in [4.78, 5) is 96.9. The first-order valence-corrected chi connectivity index (χ1v) is 30.5. The lowest BCUT2D eigenvalue weighted by molar-refractivity contribution is -0.167. The number of imidazole rings is 4. The van der Waals surface area contributed by atoms with Crippen LogP contribution in [0.2, 0.25) is 0 Å². The normalized spacial score (nSPS) is 11.8. The zero-order chi connectivity index (χ0) is 77.8. The quantitative estimate of drug-likeness (QED) is 0.0518. The van der Waals surface area contributed by atoms with E-state index in [1.54, 1.807) is 122 Å². The Morgan fingerprint density at radius 1 is 0.463 bits per heavy atom. The molecule has 0 unspecified atom stereocenters. The number of carbonyl (C=O) groups is 6. The Balaban J connectivity index is 0.000000143. The molecule has 0 atom stereocenters. The number of aliphatic hydroxyl groups excluding tert-OH is 1. The molecule has 1 aliphatic heterocycles. The van der Waals surface area contributed by atoms with Gasteiger partial charge in [-0.3, -0.25) is 33.8 Å². The standard InChI is InChI=1S/2C15H10F3N7O.C11H8F3N3O2.C10H8F3N3O2.C7H8N2O.C6H5N3/c16-15(17,18)14(26)21-11-8-24-6-9(3-4-12(24)20-11)7-25-10-2-1-5-19-13(10)22-23-25;16-15(17,18)14(26)21-11-8-24-6-9(3-4-12(24)20-11)7-25-13-10(22-23-25)2-1-5-19-13;1-6(18)7-2-3-9-15-8(5-17(9)4-7)16-10(19)11(12,13)14;11-10(12,13)9(18)15-7-4-16-3-6(5-17)1-2-8(16)14-7;1-5(10)6-2-3-7(8)9-4-6;1-2-5-6(7-3-1)4-8-9-5/h2*1-6,8H,7H2,(H,21,26);2-5H,1H3,(H,16,19);1-4,17H,5H2,(H,15,18);2-4H,1H3,(H2,8,9);1-3H,4H2. The second kappa shape index (κ2) is 32.3. The first-order chi connectivity index (χ1) is 51.1. The first kappa shape index (κ1) is 76.5. The third kappa shape index (κ3) is 20.0. The number of nitrogen functional groups attached to an aromatic ring is 1. The number of nitrogens with two attached hydrogens (primary N) is 1. The van der Waals surface area contributed by atoms with E-state index in [2.05, 4.69) is 70.7 Å². The molecule has 0 saturated heterocycles. The van der Waals surface area contributed by atoms with Gasteiger partial charge in [0.05, 0.1) is 50.2 Å². The molecule has 0 aromatic carbocycles. The number of fused-ring (bicyclic) bond motifs is 7. The number of aliphatic hydroxyl groups is 1. The molecule has 0 radical (unpaired) electrons. The van der Waals surface area contributed by atoms with E-state index in [9.17, 15) is 81.5 Å². The van der Waals surface area contributed by atoms with Gasteiger partial charge < -0.3 is 49.7 Å². The number of nitrogens with one attached hydrogen (secondary N) is 4. The van der Waals surface area contributed by atoms with Gasteiger partial charge in [0, 0.05) is 60.7 Å². The van der Waals surface area contributed by atoms with E-state index < -0.39 is 48.3 Å². The number of pyridine rings is 8. The van der Waals surface area contributed by atoms with Gasteiger partial charge in [0.2, 0.25) is 5.65 Å². The number of nitrogens with zero attached hydrogens (tertiary/aromatic N) is 20. The Labute approximate surface area is 594 Å². The molecule has 0 saturated carbocycles. The number of rotatable bonds is 11. The minimum absolute atomic E-state index is 0.00694. The predicted molar refractivity (Wildman–Crippen MR) is 355 cm³/mol. The van der Waals surface area contributed by atoms with Crippen LogP contribution in [0.3, 0.4) is 0 Å². The summed E-state index contributed by atoms with van der Waals surface area (Å²) >= 11 is 0. The highest BCUT2D eigenvalue weighted by Crippen LogP contribution is 2.26. The van der Waals surface area contributed by atoms with Crippen molar-refractivity contribution in [1.82, 2.24) is 87.5 Å². The molecular formula is C64H49F12N25O7. The number of amides is 4. The van der Waals surface area contributed by atoms with Crippen LogP contribution in [-0.4, -0.2) is 152 Å². The highest BCUT2D eigenvalue weighted by molar-refractivity contribution is 5.97. The second-order valence-corrected chi connectivity index (χ2v) is 22.2. The number of aromatic nitrogens is 18. The van der Waals surface area contributed by atoms with Crippen molar-refractivity contribution in [2.45, 2.75) is 64.8 Å². The van der Waals surface area contributed by atoms with Crippen molar-refractivity contribution in [2.24, 2.45) is 10.2 Å². The topological polar surface area (TPSA) is 404 Å². The number of carbonyl (C=O) groups excluding carboxylic acids is 6. The van der Waals surface area contributed by atoms with Gasteiger partial charge in [0.1, 0.15) is 51.7 Å². The van der Waals surface area contributed by atoms with Crippen molar-refractivity contribution in [3.8, 4) is 0 Å². The molecule has 15 heterocycles. The summed E-state index contributed by atoms with van der Waals surface area (Å²) < 4.78 is 155. The van der Waals surface area contributed by atoms with E-state index in [4.69, 9.17) is 10.8 Å². The molecule has 0 aliphatic carbocycles. The monoisotopic (exact) mass is 1510 g/mol. The maximum Gasteiger partial charge on any atom is 0.471 e. The van der Waals surface area contributed by atoms with Crippen molar-refractivity contribution in [3.05, 3.63) is 205 Å². The van der Waals surface area contributed by atoms with Crippen LogP contribution in [0.5, 0.6) is 0 Å². The summed E-state index contributed by atoms with van der Waals surface area (Å²) in [5, 5.41) is 39.4. The van der Waals surface area contributed by atoms with Gasteiger partial charge in [-0.15, -0.1) is 10.2 Å². The number of hydrogen-bond acceptors (Lipinski definition) is 22. The number of ketones is 2. The van der Waals surface area contributed by atoms with Crippen LogP contribution in [0.1, 0.15) is 56.9 Å². The molecule has 1 aliphatic rings. The number of azo groups is 1. The molecule has 7 N–H and O–H groups in total. The van der Waals surface area contributed by atoms with Gasteiger partial charge in [0.15, 0.2) is 40.5 Å². The third-order valence-electron chi connectivity index (χ3n) is 14.3. The van der Waals surface area contributed by atoms with Crippen molar-refractivity contribution in [3.63, 3.8) is 0 Å². The number of anilines is 5. The first-order valence-electron chi connectivity index (χ1n) is 30.5. The van der Waals surface area contributed by atoms with Crippen LogP contribution in [0, 0.1) is 0 Å². The van der Waals surface area contributed by atoms with Gasteiger partial charge in [-0.05, 0) is 109 Å². The van der Waals surface area contributed by atoms with Crippen LogP contribution in [0.15, 0.2) is 182 Å². The molecular weight excluding hydrogens is 1460 g/mol. The lowest BCUT2D eigenvalue weighted by Crippen LogP contribution is -2.30. The molecule has 14 aromatic heterocycles. The summed E-state index contributed by atoms with van der Waals surface area (Å²) in [6, 6.07) is 27.1. The van der Waals surface area contributed by atoms with Crippen molar-refractivity contribution >= 4 is 115 Å². The zero-order valence-electron chi connectivity index (χ0n) is 54.9. The second-order valence-electron chi connectivity index (χ2n) is 22.2. The molecule has 14 aromatic rings. The van der Waals surface area contributed by atoms with Crippen LogP contribution >= 0.6 is 0 Å². The Morgan fingerprint density at radius 2 is 0.889 bits per heavy atom. The Hall–Kier alpha value is -14.1. The van der Waals surface area contributed by atoms with E-state index in [0.717, 1.165) is 28.0 Å². The maximum absolute atomic E-state index is 12.3. The Morgan fingerprint density at radius 3 is 1.36 bits per heavy atom. The SMILES string of the molecule is CC(=O)c1ccc(N)nc1.CC(=O)c1ccc2nc(NC(=O)C(F)(F)F)cn2c1.O=C(Nc1cn2cc(CO)ccc2n1)C(F)(F)F.O=C(Nc1cn2cc(Cn3nnc4cccnc43)ccc2n1)C(F)(F)F.O=C(Nc1cn2cc(Cn3nnc4ncccc43)ccc2n1)C(F)(F)F.c1cnc2c(c1)N=NC2. The molecule has 108 heavy (non-hydrogen) atoms. The fourth-order valence-corrected chi connectivity index (χ4v) is 9.21. The maximum atomic E-state index is 12.3. The number of alkyl halides is 12. The van der Waals surface area contributed by atoms with Gasteiger partial charge in [-0.25, -0.2) is 44.3 Å². The minimum Gasteiger partial charge on any atom is -0.392 e. The summed E-state index contributed by atoms with van der Waals surface area (Å²) in [5.41, 5.74) is 14.4. The third-order valence-corrected chi connectivity index (χ3v) is 14.3. The largest absolute Gasteiger partial charge is 0.471 e. The van der Waals surface area contributed by atoms with Crippen LogP contribution < -0.4 is 27.0 Å². The van der Waals surface area contributed by atoms with E-state index in [1.807, 2.05) is 18.2 Å². The number of Topliss-reactive ketones (excluding diaryl/α,β-unsaturated/α-hetero) is 2. The van der Waals surface area contributed by atoms with Crippen molar-refractivity contribution < 1.29 is 86.6 Å². The van der Waals surface area contributed by atoms with E-state index in [-0.39, 0.29) is 41.4 Å². The number of hydrogen-bond donors (Lipinski definition) is 6. The summed E-state index contributed by atoms with van der Waals surface area (Å²) in [6.45, 7) is 4.07. The average Bonchev–Trinajstić information content (AvgIpc) is 1.66. The highest BCUT2D eigenvalue weighted by Gasteiger charge is 2.41. The Bertz CT molecular complexity index is 5490. The predicted octanol–water partition coefficient (Wildman–Crippen LogP) is 9.96. The lowest BCUT2D eigenvalue weighted by Gasteiger charge is -2.04. The van der Waals surface area contributed by atoms with E-state index in [1.165, 1.54) is 93.0 Å². The molecule has 32 nitrogen and oxygen atoms in total. The zero-order valence-corrected chi connectivity index (χ0v) is 54.9. The Kier molecular flexibility index (Phi) is 22.9. The van der Waals surface area contributed by atoms with Crippen molar-refractivity contribution in [1.29, 1.82) is 0 Å². The molecule has 556 valence electrons. The molecule has 0 bridgehead atoms. The number of halogens is 12. The molecule has 0 fully saturated rings. The molecule has 15 rings (SSSR count). The van der Waals surface area contributed by atoms with Gasteiger partial charge in [0.25, 0.3) is 0 Å². The average molecular weight is 1510 g/mol. The van der Waals surface area contributed by atoms with Gasteiger partial charge >= 0.3 is 48.3 Å². The van der Waals surface area contributed by atoms with Gasteiger partial charge in [-0.1, -0.05) is 28.6 Å². The van der Waals surface area contributed by atoms with Crippen molar-refractivity contribution in [2.75, 3.05) is 27.0 Å². The lowest BCUT2D eigenvalue weighted by atomic mass is 10.2. The summed E-state index contributed by atoms with van der Waals surface area (Å²) in [7, 11) is 0. The van der Waals surface area contributed by atoms with Crippen LogP contribution in [-0.2, 0) is 45.4 Å². The van der Waals surface area contributed by atoms with Gasteiger partial charge in [-0.2, -0.15) is 62.9 Å². The molecule has 4 amide bonds. The minimum atomic E-state index is -4.97. The fourth-order valence-electron chi connectivity index (χ4n) is 9.21. The summed E-state index contributed by atoms with van der Waals surface area (Å²) in [5.74, 6) is -8.85. The fraction of sp³-hybridized carbons (Fsp3) is 0.156. The smallest absolute Gasteiger partial charge is 0.392 e. The summed E-state index contributed by atoms with van der Waals surface area (Å²) in [6.07, 6.45) is -2.03. The molecule has 0 spiro atoms. The van der Waals surface area contributed by atoms with Crippen LogP contribution in [0.25, 0.3) is 44.9 Å². The van der Waals surface area contributed by atoms with E-state index in [0.29, 0.717) is 81.5 Å². The molecule has 44 heteroatoms.